The molecule has 0 radical (unpaired) electrons. The van der Waals surface area contributed by atoms with Crippen molar-refractivity contribution < 1.29 is 18.4 Å². The van der Waals surface area contributed by atoms with Crippen LogP contribution in [0.1, 0.15) is 0 Å². The van der Waals surface area contributed by atoms with Gasteiger partial charge in [0, 0.05) is 11.8 Å². The zero-order chi connectivity index (χ0) is 15.7. The molecule has 0 aliphatic carbocycles. The third-order valence-electron chi connectivity index (χ3n) is 3.13. The van der Waals surface area contributed by atoms with E-state index in [0.717, 1.165) is 11.0 Å². The highest BCUT2D eigenvalue weighted by Crippen LogP contribution is 2.24. The number of imide groups is 1. The molecule has 0 spiro atoms. The first-order chi connectivity index (χ1) is 10.5. The highest BCUT2D eigenvalue weighted by molar-refractivity contribution is 6.31. The maximum Gasteiger partial charge on any atom is 0.281 e. The summed E-state index contributed by atoms with van der Waals surface area (Å²) in [4.78, 5) is 25.2. The summed E-state index contributed by atoms with van der Waals surface area (Å²) in [6.07, 6.45) is 1.15. The first-order valence-electron chi connectivity index (χ1n) is 6.43. The second-order valence-corrected chi connectivity index (χ2v) is 4.65. The Labute approximate surface area is 124 Å². The lowest BCUT2D eigenvalue weighted by atomic mass is 10.2. The quantitative estimate of drug-likeness (QED) is 0.887. The number of carbonyl (C=O) groups is 2. The zero-order valence-electron chi connectivity index (χ0n) is 11.2. The molecule has 1 heterocycles. The Morgan fingerprint density at radius 3 is 1.95 bits per heavy atom. The summed E-state index contributed by atoms with van der Waals surface area (Å²) < 4.78 is 25.8. The molecule has 2 aromatic carbocycles. The fourth-order valence-electron chi connectivity index (χ4n) is 2.08. The summed E-state index contributed by atoms with van der Waals surface area (Å²) in [5.41, 5.74) is 0.833. The van der Waals surface area contributed by atoms with Crippen LogP contribution in [0.2, 0.25) is 0 Å². The van der Waals surface area contributed by atoms with Crippen molar-refractivity contribution in [2.24, 2.45) is 0 Å². The standard InChI is InChI=1S/C16H10F2N2O2/c17-10-1-5-12(6-2-10)19-14-9-15(21)20(16(14)22)13-7-3-11(18)4-8-13/h1-9,19H. The van der Waals surface area contributed by atoms with Crippen LogP contribution in [0.4, 0.5) is 20.2 Å². The summed E-state index contributed by atoms with van der Waals surface area (Å²) in [6, 6.07) is 10.4. The number of amides is 2. The lowest BCUT2D eigenvalue weighted by Crippen LogP contribution is -2.31. The highest BCUT2D eigenvalue weighted by atomic mass is 19.1. The molecule has 0 unspecified atom stereocenters. The molecule has 1 aliphatic heterocycles. The predicted molar refractivity (Wildman–Crippen MR) is 77.0 cm³/mol. The maximum atomic E-state index is 12.9. The minimum Gasteiger partial charge on any atom is -0.351 e. The summed E-state index contributed by atoms with van der Waals surface area (Å²) >= 11 is 0. The zero-order valence-corrected chi connectivity index (χ0v) is 11.2. The molecule has 0 saturated heterocycles. The fourth-order valence-corrected chi connectivity index (χ4v) is 2.08. The number of nitrogens with zero attached hydrogens (tertiary/aromatic N) is 1. The van der Waals surface area contributed by atoms with E-state index >= 15 is 0 Å². The van der Waals surface area contributed by atoms with Gasteiger partial charge in [0.15, 0.2) is 0 Å². The number of hydrogen-bond acceptors (Lipinski definition) is 3. The third kappa shape index (κ3) is 2.58. The van der Waals surface area contributed by atoms with Gasteiger partial charge in [-0.1, -0.05) is 0 Å². The van der Waals surface area contributed by atoms with Crippen LogP contribution in [0.3, 0.4) is 0 Å². The van der Waals surface area contributed by atoms with Crippen molar-refractivity contribution >= 4 is 23.2 Å². The van der Waals surface area contributed by atoms with Gasteiger partial charge in [0.05, 0.1) is 5.69 Å². The molecular formula is C16H10F2N2O2. The van der Waals surface area contributed by atoms with E-state index in [9.17, 15) is 18.4 Å². The van der Waals surface area contributed by atoms with E-state index in [-0.39, 0.29) is 11.4 Å². The van der Waals surface area contributed by atoms with E-state index in [1.54, 1.807) is 0 Å². The van der Waals surface area contributed by atoms with Gasteiger partial charge in [0.25, 0.3) is 11.8 Å². The molecule has 1 aliphatic rings. The van der Waals surface area contributed by atoms with Gasteiger partial charge in [-0.15, -0.1) is 0 Å². The van der Waals surface area contributed by atoms with Crippen LogP contribution in [0, 0.1) is 11.6 Å². The molecule has 2 amide bonds. The van der Waals surface area contributed by atoms with Gasteiger partial charge in [-0.2, -0.15) is 0 Å². The SMILES string of the molecule is O=C1C=C(Nc2ccc(F)cc2)C(=O)N1c1ccc(F)cc1. The summed E-state index contributed by atoms with van der Waals surface area (Å²) in [7, 11) is 0. The van der Waals surface area contributed by atoms with Crippen LogP contribution in [0.15, 0.2) is 60.3 Å². The molecule has 6 heteroatoms. The number of rotatable bonds is 3. The Morgan fingerprint density at radius 2 is 1.36 bits per heavy atom. The molecule has 4 nitrogen and oxygen atoms in total. The topological polar surface area (TPSA) is 49.4 Å². The average molecular weight is 300 g/mol. The Hall–Kier alpha value is -3.02. The Morgan fingerprint density at radius 1 is 0.818 bits per heavy atom. The second-order valence-electron chi connectivity index (χ2n) is 4.65. The van der Waals surface area contributed by atoms with Crippen molar-refractivity contribution in [3.8, 4) is 0 Å². The molecule has 110 valence electrons. The van der Waals surface area contributed by atoms with Gasteiger partial charge < -0.3 is 5.32 Å². The first-order valence-corrected chi connectivity index (χ1v) is 6.43. The van der Waals surface area contributed by atoms with Crippen molar-refractivity contribution in [3.05, 3.63) is 71.9 Å². The molecule has 0 fully saturated rings. The van der Waals surface area contributed by atoms with Crippen molar-refractivity contribution in [1.29, 1.82) is 0 Å². The minimum atomic E-state index is -0.555. The van der Waals surface area contributed by atoms with Crippen LogP contribution in [-0.4, -0.2) is 11.8 Å². The summed E-state index contributed by atoms with van der Waals surface area (Å²) in [5, 5.41) is 2.77. The van der Waals surface area contributed by atoms with E-state index in [2.05, 4.69) is 5.32 Å². The minimum absolute atomic E-state index is 0.0703. The smallest absolute Gasteiger partial charge is 0.281 e. The summed E-state index contributed by atoms with van der Waals surface area (Å²) in [5.74, 6) is -1.94. The lowest BCUT2D eigenvalue weighted by Gasteiger charge is -2.15. The van der Waals surface area contributed by atoms with Gasteiger partial charge >= 0.3 is 0 Å². The first kappa shape index (κ1) is 13.9. The van der Waals surface area contributed by atoms with Gasteiger partial charge in [-0.3, -0.25) is 9.59 Å². The highest BCUT2D eigenvalue weighted by Gasteiger charge is 2.32. The Balaban J connectivity index is 1.82. The second kappa shape index (κ2) is 5.40. The number of halogens is 2. The predicted octanol–water partition coefficient (Wildman–Crippen LogP) is 2.83. The number of carbonyl (C=O) groups excluding carboxylic acids is 2. The molecular weight excluding hydrogens is 290 g/mol. The van der Waals surface area contributed by atoms with Crippen molar-refractivity contribution in [2.45, 2.75) is 0 Å². The average Bonchev–Trinajstić information content (AvgIpc) is 2.77. The maximum absolute atomic E-state index is 12.9. The molecule has 22 heavy (non-hydrogen) atoms. The molecule has 0 atom stereocenters. The van der Waals surface area contributed by atoms with Crippen molar-refractivity contribution in [2.75, 3.05) is 10.2 Å². The lowest BCUT2D eigenvalue weighted by molar-refractivity contribution is -0.120. The van der Waals surface area contributed by atoms with Gasteiger partial charge in [-0.25, -0.2) is 13.7 Å². The van der Waals surface area contributed by atoms with Crippen LogP contribution in [0.25, 0.3) is 0 Å². The molecule has 1 N–H and O–H groups in total. The summed E-state index contributed by atoms with van der Waals surface area (Å²) in [6.45, 7) is 0. The van der Waals surface area contributed by atoms with E-state index in [4.69, 9.17) is 0 Å². The number of nitrogens with one attached hydrogen (secondary N) is 1. The van der Waals surface area contributed by atoms with Crippen LogP contribution < -0.4 is 10.2 Å². The van der Waals surface area contributed by atoms with E-state index in [1.165, 1.54) is 48.5 Å². The molecule has 0 aromatic heterocycles. The van der Waals surface area contributed by atoms with Crippen LogP contribution in [0.5, 0.6) is 0 Å². The molecule has 3 rings (SSSR count). The van der Waals surface area contributed by atoms with E-state index in [1.807, 2.05) is 0 Å². The monoisotopic (exact) mass is 300 g/mol. The molecule has 2 aromatic rings. The van der Waals surface area contributed by atoms with E-state index in [0.29, 0.717) is 5.69 Å². The Bertz CT molecular complexity index is 768. The largest absolute Gasteiger partial charge is 0.351 e. The van der Waals surface area contributed by atoms with Crippen molar-refractivity contribution in [1.82, 2.24) is 0 Å². The van der Waals surface area contributed by atoms with Gasteiger partial charge in [-0.05, 0) is 48.5 Å². The molecule has 0 bridgehead atoms. The van der Waals surface area contributed by atoms with Crippen LogP contribution >= 0.6 is 0 Å². The molecule has 0 saturated carbocycles. The number of anilines is 2. The number of hydrogen-bond donors (Lipinski definition) is 1. The Kier molecular flexibility index (Phi) is 3.42. The van der Waals surface area contributed by atoms with Gasteiger partial charge in [0.2, 0.25) is 0 Å². The van der Waals surface area contributed by atoms with Gasteiger partial charge in [0.1, 0.15) is 17.3 Å². The fraction of sp³-hybridized carbons (Fsp3) is 0. The third-order valence-corrected chi connectivity index (χ3v) is 3.13. The normalized spacial score (nSPS) is 14.3. The number of benzene rings is 2. The van der Waals surface area contributed by atoms with Crippen LogP contribution in [-0.2, 0) is 9.59 Å². The van der Waals surface area contributed by atoms with E-state index < -0.39 is 23.4 Å². The van der Waals surface area contributed by atoms with Crippen molar-refractivity contribution in [3.63, 3.8) is 0 Å².